The zero-order valence-corrected chi connectivity index (χ0v) is 6.17. The Labute approximate surface area is 64.9 Å². The van der Waals surface area contributed by atoms with Gasteiger partial charge < -0.3 is 10.4 Å². The van der Waals surface area contributed by atoms with Crippen LogP contribution < -0.4 is 5.32 Å². The lowest BCUT2D eigenvalue weighted by Crippen LogP contribution is -2.21. The van der Waals surface area contributed by atoms with Crippen molar-refractivity contribution in [2.75, 3.05) is 6.54 Å². The number of allylic oxidation sites excluding steroid dienone is 1. The van der Waals surface area contributed by atoms with Gasteiger partial charge in [-0.05, 0) is 25.3 Å². The van der Waals surface area contributed by atoms with E-state index in [0.717, 1.165) is 12.8 Å². The summed E-state index contributed by atoms with van der Waals surface area (Å²) < 4.78 is 0. The topological polar surface area (TPSA) is 66.4 Å². The van der Waals surface area contributed by atoms with Crippen molar-refractivity contribution in [1.29, 1.82) is 0 Å². The highest BCUT2D eigenvalue weighted by atomic mass is 16.4. The van der Waals surface area contributed by atoms with E-state index in [4.69, 9.17) is 5.11 Å². The van der Waals surface area contributed by atoms with E-state index in [1.54, 1.807) is 5.94 Å². The molecular weight excluding hydrogens is 146 g/mol. The molecule has 0 aliphatic heterocycles. The monoisotopic (exact) mass is 157 g/mol. The standard InChI is InChI=1S/C7H11NO3/c9-6-4-2-1-3-5-8-7(10)11/h4,8H,1-3,5H2,(H,10,11). The summed E-state index contributed by atoms with van der Waals surface area (Å²) in [5.41, 5.74) is 0. The molecule has 0 heterocycles. The van der Waals surface area contributed by atoms with Crippen LogP contribution in [0.2, 0.25) is 0 Å². The minimum absolute atomic E-state index is 0.446. The molecule has 0 atom stereocenters. The Balaban J connectivity index is 3.02. The Hall–Kier alpha value is -1.28. The summed E-state index contributed by atoms with van der Waals surface area (Å²) >= 11 is 0. The molecule has 0 rings (SSSR count). The lowest BCUT2D eigenvalue weighted by Gasteiger charge is -1.97. The second-order valence-electron chi connectivity index (χ2n) is 2.05. The molecule has 11 heavy (non-hydrogen) atoms. The molecule has 0 aromatic carbocycles. The van der Waals surface area contributed by atoms with E-state index in [1.807, 2.05) is 0 Å². The van der Waals surface area contributed by atoms with Gasteiger partial charge >= 0.3 is 6.09 Å². The molecule has 0 unspecified atom stereocenters. The highest BCUT2D eigenvalue weighted by Crippen LogP contribution is 1.92. The minimum Gasteiger partial charge on any atom is -0.465 e. The first-order valence-electron chi connectivity index (χ1n) is 3.43. The van der Waals surface area contributed by atoms with E-state index in [-0.39, 0.29) is 0 Å². The van der Waals surface area contributed by atoms with Crippen LogP contribution in [0.4, 0.5) is 4.79 Å². The minimum atomic E-state index is -1.00. The predicted octanol–water partition coefficient (Wildman–Crippen LogP) is 0.812. The number of nitrogens with one attached hydrogen (secondary N) is 1. The molecule has 0 bridgehead atoms. The Bertz CT molecular complexity index is 157. The van der Waals surface area contributed by atoms with Crippen LogP contribution in [0, 0.1) is 0 Å². The molecule has 4 heteroatoms. The zero-order valence-electron chi connectivity index (χ0n) is 6.17. The molecule has 0 aliphatic rings. The van der Waals surface area contributed by atoms with Crippen LogP contribution in [-0.4, -0.2) is 23.7 Å². The van der Waals surface area contributed by atoms with E-state index in [1.165, 1.54) is 6.08 Å². The zero-order chi connectivity index (χ0) is 8.53. The number of amides is 1. The van der Waals surface area contributed by atoms with Gasteiger partial charge in [-0.2, -0.15) is 0 Å². The van der Waals surface area contributed by atoms with Crippen molar-refractivity contribution in [3.05, 3.63) is 6.08 Å². The van der Waals surface area contributed by atoms with Crippen molar-refractivity contribution in [1.82, 2.24) is 5.32 Å². The van der Waals surface area contributed by atoms with Gasteiger partial charge in [0.1, 0.15) is 5.94 Å². The fourth-order valence-corrected chi connectivity index (χ4v) is 0.626. The summed E-state index contributed by atoms with van der Waals surface area (Å²) in [6, 6.07) is 0. The van der Waals surface area contributed by atoms with Gasteiger partial charge in [0.25, 0.3) is 0 Å². The van der Waals surface area contributed by atoms with Gasteiger partial charge in [-0.1, -0.05) is 0 Å². The Morgan fingerprint density at radius 3 is 2.82 bits per heavy atom. The van der Waals surface area contributed by atoms with E-state index in [2.05, 4.69) is 5.32 Å². The normalized spacial score (nSPS) is 8.36. The molecule has 0 spiro atoms. The van der Waals surface area contributed by atoms with Crippen LogP contribution in [0.5, 0.6) is 0 Å². The van der Waals surface area contributed by atoms with Crippen LogP contribution in [0.15, 0.2) is 6.08 Å². The first-order chi connectivity index (χ1) is 5.27. The van der Waals surface area contributed by atoms with Gasteiger partial charge in [0.05, 0.1) is 0 Å². The van der Waals surface area contributed by atoms with E-state index in [0.29, 0.717) is 13.0 Å². The second-order valence-corrected chi connectivity index (χ2v) is 2.05. The average Bonchev–Trinajstić information content (AvgIpc) is 1.96. The highest BCUT2D eigenvalue weighted by molar-refractivity contribution is 5.64. The number of unbranched alkanes of at least 4 members (excludes halogenated alkanes) is 2. The fraction of sp³-hybridized carbons (Fsp3) is 0.571. The molecule has 0 radical (unpaired) electrons. The van der Waals surface area contributed by atoms with Crippen molar-refractivity contribution in [2.24, 2.45) is 0 Å². The van der Waals surface area contributed by atoms with Crippen LogP contribution in [0.25, 0.3) is 0 Å². The number of hydrogen-bond donors (Lipinski definition) is 2. The molecule has 0 fully saturated rings. The molecule has 62 valence electrons. The van der Waals surface area contributed by atoms with Crippen LogP contribution in [-0.2, 0) is 4.79 Å². The van der Waals surface area contributed by atoms with Gasteiger partial charge in [-0.25, -0.2) is 9.59 Å². The molecule has 0 aliphatic carbocycles. The van der Waals surface area contributed by atoms with Gasteiger partial charge in [-0.15, -0.1) is 0 Å². The second kappa shape index (κ2) is 6.83. The summed E-state index contributed by atoms with van der Waals surface area (Å²) in [6.07, 6.45) is 2.64. The molecule has 1 amide bonds. The molecule has 0 saturated heterocycles. The summed E-state index contributed by atoms with van der Waals surface area (Å²) in [6.45, 7) is 0.446. The number of carbonyl (C=O) groups is 1. The van der Waals surface area contributed by atoms with Crippen molar-refractivity contribution in [2.45, 2.75) is 19.3 Å². The summed E-state index contributed by atoms with van der Waals surface area (Å²) in [5.74, 6) is 1.66. The van der Waals surface area contributed by atoms with E-state index < -0.39 is 6.09 Å². The third-order valence-corrected chi connectivity index (χ3v) is 1.13. The third kappa shape index (κ3) is 8.72. The van der Waals surface area contributed by atoms with Gasteiger partial charge in [0, 0.05) is 6.54 Å². The molecule has 0 aromatic rings. The number of carbonyl (C=O) groups excluding carboxylic acids is 1. The number of hydrogen-bond acceptors (Lipinski definition) is 2. The van der Waals surface area contributed by atoms with E-state index >= 15 is 0 Å². The summed E-state index contributed by atoms with van der Waals surface area (Å²) in [7, 11) is 0. The molecule has 0 saturated carbocycles. The maximum Gasteiger partial charge on any atom is 0.404 e. The van der Waals surface area contributed by atoms with Gasteiger partial charge in [0.15, 0.2) is 0 Å². The van der Waals surface area contributed by atoms with Gasteiger partial charge in [-0.3, -0.25) is 0 Å². The lowest BCUT2D eigenvalue weighted by molar-refractivity contribution is 0.194. The SMILES string of the molecule is O=C=CCCCCNC(=O)O. The quantitative estimate of drug-likeness (QED) is 0.458. The Kier molecular flexibility index (Phi) is 6.04. The van der Waals surface area contributed by atoms with Crippen LogP contribution >= 0.6 is 0 Å². The summed E-state index contributed by atoms with van der Waals surface area (Å²) in [5, 5.41) is 10.4. The van der Waals surface area contributed by atoms with Crippen molar-refractivity contribution >= 4 is 12.0 Å². The van der Waals surface area contributed by atoms with Crippen LogP contribution in [0.1, 0.15) is 19.3 Å². The third-order valence-electron chi connectivity index (χ3n) is 1.13. The first kappa shape index (κ1) is 9.72. The Morgan fingerprint density at radius 2 is 2.27 bits per heavy atom. The van der Waals surface area contributed by atoms with Crippen molar-refractivity contribution in [3.8, 4) is 0 Å². The van der Waals surface area contributed by atoms with Crippen molar-refractivity contribution < 1.29 is 14.7 Å². The van der Waals surface area contributed by atoms with Gasteiger partial charge in [0.2, 0.25) is 0 Å². The first-order valence-corrected chi connectivity index (χ1v) is 3.43. The smallest absolute Gasteiger partial charge is 0.404 e. The maximum absolute atomic E-state index is 9.91. The summed E-state index contributed by atoms with van der Waals surface area (Å²) in [4.78, 5) is 19.6. The predicted molar refractivity (Wildman–Crippen MR) is 40.1 cm³/mol. The molecule has 2 N–H and O–H groups in total. The fourth-order valence-electron chi connectivity index (χ4n) is 0.626. The average molecular weight is 157 g/mol. The maximum atomic E-state index is 9.91. The molecular formula is C7H11NO3. The van der Waals surface area contributed by atoms with Crippen LogP contribution in [0.3, 0.4) is 0 Å². The van der Waals surface area contributed by atoms with Crippen molar-refractivity contribution in [3.63, 3.8) is 0 Å². The van der Waals surface area contributed by atoms with E-state index in [9.17, 15) is 9.59 Å². The highest BCUT2D eigenvalue weighted by Gasteiger charge is 1.91. The molecule has 0 aromatic heterocycles. The molecule has 4 nitrogen and oxygen atoms in total. The lowest BCUT2D eigenvalue weighted by atomic mass is 10.2. The Morgan fingerprint density at radius 1 is 1.55 bits per heavy atom. The number of rotatable bonds is 5. The largest absolute Gasteiger partial charge is 0.465 e. The number of carboxylic acid groups (broad SMARTS) is 1.